The quantitative estimate of drug-likeness (QED) is 0.358. The van der Waals surface area contributed by atoms with Gasteiger partial charge in [-0.2, -0.15) is 10.4 Å². The summed E-state index contributed by atoms with van der Waals surface area (Å²) in [6.45, 7) is 10.2. The zero-order valence-corrected chi connectivity index (χ0v) is 12.9. The molecule has 0 radical (unpaired) electrons. The summed E-state index contributed by atoms with van der Waals surface area (Å²) in [5.41, 5.74) is -2.40. The number of nitriles is 1. The number of rotatable bonds is 10. The first kappa shape index (κ1) is 19.7. The topological polar surface area (TPSA) is 119 Å². The number of aldehydes is 1. The third-order valence-corrected chi connectivity index (χ3v) is 2.98. The van der Waals surface area contributed by atoms with Crippen molar-refractivity contribution in [2.75, 3.05) is 13.2 Å². The fourth-order valence-corrected chi connectivity index (χ4v) is 1.45. The second-order valence-corrected chi connectivity index (χ2v) is 5.19. The standard InChI is InChI=1S/C14H21N5O3/c1-13(11-15,7-5-12(22)17-8-10-21)18-19-14(2,16-3)6-4-9-20/h9,21H,4-8,10H2,1-2H3,(H,17,22). The number of nitrogens with one attached hydrogen (secondary N) is 1. The normalized spacial score (nSPS) is 16.0. The van der Waals surface area contributed by atoms with Crippen molar-refractivity contribution in [3.63, 3.8) is 0 Å². The highest BCUT2D eigenvalue weighted by atomic mass is 16.3. The number of carbonyl (C=O) groups excluding carboxylic acids is 2. The van der Waals surface area contributed by atoms with Crippen molar-refractivity contribution in [1.29, 1.82) is 5.26 Å². The van der Waals surface area contributed by atoms with Gasteiger partial charge in [-0.1, -0.05) is 0 Å². The fraction of sp³-hybridized carbons (Fsp3) is 0.714. The predicted octanol–water partition coefficient (Wildman–Crippen LogP) is 1.22. The number of carbonyl (C=O) groups is 2. The Morgan fingerprint density at radius 1 is 1.45 bits per heavy atom. The summed E-state index contributed by atoms with van der Waals surface area (Å²) >= 11 is 0. The Balaban J connectivity index is 4.76. The van der Waals surface area contributed by atoms with E-state index in [2.05, 4.69) is 20.4 Å². The van der Waals surface area contributed by atoms with E-state index in [1.54, 1.807) is 6.92 Å². The Hall–Kier alpha value is -2.32. The Morgan fingerprint density at radius 2 is 2.14 bits per heavy atom. The predicted molar refractivity (Wildman–Crippen MR) is 78.5 cm³/mol. The van der Waals surface area contributed by atoms with E-state index < -0.39 is 11.2 Å². The lowest BCUT2D eigenvalue weighted by atomic mass is 9.99. The van der Waals surface area contributed by atoms with Gasteiger partial charge in [0.2, 0.25) is 5.91 Å². The van der Waals surface area contributed by atoms with Crippen molar-refractivity contribution in [3.05, 3.63) is 11.4 Å². The summed E-state index contributed by atoms with van der Waals surface area (Å²) < 4.78 is 0. The molecule has 0 rings (SSSR count). The molecule has 120 valence electrons. The van der Waals surface area contributed by atoms with Crippen LogP contribution in [-0.2, 0) is 9.59 Å². The van der Waals surface area contributed by atoms with Gasteiger partial charge in [-0.15, -0.1) is 5.11 Å². The van der Waals surface area contributed by atoms with Crippen molar-refractivity contribution in [1.82, 2.24) is 5.32 Å². The number of nitrogens with zero attached hydrogens (tertiary/aromatic N) is 4. The second kappa shape index (κ2) is 9.59. The third-order valence-electron chi connectivity index (χ3n) is 2.98. The minimum atomic E-state index is -1.22. The molecule has 2 unspecified atom stereocenters. The highest BCUT2D eigenvalue weighted by Crippen LogP contribution is 2.24. The van der Waals surface area contributed by atoms with E-state index in [-0.39, 0.29) is 44.7 Å². The molecule has 1 amide bonds. The van der Waals surface area contributed by atoms with Gasteiger partial charge in [0.15, 0.2) is 5.54 Å². The molecule has 0 aromatic rings. The maximum Gasteiger partial charge on any atom is 0.338 e. The maximum atomic E-state index is 11.5. The average Bonchev–Trinajstić information content (AvgIpc) is 2.54. The van der Waals surface area contributed by atoms with Gasteiger partial charge < -0.3 is 15.2 Å². The van der Waals surface area contributed by atoms with E-state index >= 15 is 0 Å². The smallest absolute Gasteiger partial charge is 0.338 e. The highest BCUT2D eigenvalue weighted by Gasteiger charge is 2.32. The van der Waals surface area contributed by atoms with E-state index in [1.807, 2.05) is 6.07 Å². The van der Waals surface area contributed by atoms with Crippen LogP contribution >= 0.6 is 0 Å². The van der Waals surface area contributed by atoms with Crippen LogP contribution in [0.15, 0.2) is 10.2 Å². The zero-order valence-electron chi connectivity index (χ0n) is 12.9. The van der Waals surface area contributed by atoms with Gasteiger partial charge in [-0.3, -0.25) is 9.64 Å². The van der Waals surface area contributed by atoms with Crippen molar-refractivity contribution in [3.8, 4) is 6.07 Å². The summed E-state index contributed by atoms with van der Waals surface area (Å²) in [7, 11) is 0. The molecular formula is C14H21N5O3. The Bertz CT molecular complexity index is 494. The average molecular weight is 307 g/mol. The molecule has 0 heterocycles. The lowest BCUT2D eigenvalue weighted by molar-refractivity contribution is -0.121. The van der Waals surface area contributed by atoms with Crippen molar-refractivity contribution < 1.29 is 14.7 Å². The molecular weight excluding hydrogens is 286 g/mol. The van der Waals surface area contributed by atoms with Gasteiger partial charge in [0, 0.05) is 26.3 Å². The highest BCUT2D eigenvalue weighted by molar-refractivity contribution is 5.76. The number of amides is 1. The number of aliphatic hydroxyl groups excluding tert-OH is 1. The van der Waals surface area contributed by atoms with E-state index in [4.69, 9.17) is 11.7 Å². The van der Waals surface area contributed by atoms with Crippen LogP contribution < -0.4 is 5.32 Å². The zero-order chi connectivity index (χ0) is 17.1. The van der Waals surface area contributed by atoms with E-state index in [0.717, 1.165) is 0 Å². The van der Waals surface area contributed by atoms with Gasteiger partial charge in [0.25, 0.3) is 0 Å². The molecule has 0 fully saturated rings. The SMILES string of the molecule is [C-]#[N+]C(C)(CCC=O)N=NC(C)(C#N)CCC(=O)NCCO. The van der Waals surface area contributed by atoms with Gasteiger partial charge in [0.1, 0.15) is 6.29 Å². The molecule has 8 nitrogen and oxygen atoms in total. The first-order chi connectivity index (χ1) is 10.3. The molecule has 2 atom stereocenters. The minimum Gasteiger partial charge on any atom is -0.395 e. The summed E-state index contributed by atoms with van der Waals surface area (Å²) in [5.74, 6) is -0.292. The number of azo groups is 1. The second-order valence-electron chi connectivity index (χ2n) is 5.19. The molecule has 0 aromatic carbocycles. The van der Waals surface area contributed by atoms with Crippen LogP contribution in [0.1, 0.15) is 39.5 Å². The van der Waals surface area contributed by atoms with E-state index in [1.165, 1.54) is 6.92 Å². The van der Waals surface area contributed by atoms with Crippen molar-refractivity contribution >= 4 is 12.2 Å². The first-order valence-electron chi connectivity index (χ1n) is 6.90. The Morgan fingerprint density at radius 3 is 2.64 bits per heavy atom. The van der Waals surface area contributed by atoms with Crippen LogP contribution in [0.25, 0.3) is 4.85 Å². The van der Waals surface area contributed by atoms with Crippen LogP contribution in [0, 0.1) is 17.9 Å². The minimum absolute atomic E-state index is 0.0617. The first-order valence-corrected chi connectivity index (χ1v) is 6.90. The molecule has 0 saturated carbocycles. The molecule has 8 heteroatoms. The third kappa shape index (κ3) is 7.46. The van der Waals surface area contributed by atoms with Crippen LogP contribution in [-0.4, -0.2) is 41.7 Å². The van der Waals surface area contributed by atoms with Crippen LogP contribution in [0.2, 0.25) is 0 Å². The molecule has 0 aliphatic rings. The molecule has 0 aromatic heterocycles. The molecule has 0 saturated heterocycles. The number of hydrogen-bond donors (Lipinski definition) is 2. The fourth-order valence-electron chi connectivity index (χ4n) is 1.45. The van der Waals surface area contributed by atoms with Crippen molar-refractivity contribution in [2.45, 2.75) is 50.7 Å². The van der Waals surface area contributed by atoms with Gasteiger partial charge in [-0.25, -0.2) is 6.57 Å². The molecule has 2 N–H and O–H groups in total. The largest absolute Gasteiger partial charge is 0.395 e. The summed E-state index contributed by atoms with van der Waals surface area (Å²) in [5, 5.41) is 28.1. The van der Waals surface area contributed by atoms with E-state index in [0.29, 0.717) is 6.29 Å². The van der Waals surface area contributed by atoms with E-state index in [9.17, 15) is 14.9 Å². The van der Waals surface area contributed by atoms with Crippen LogP contribution in [0.3, 0.4) is 0 Å². The number of aliphatic hydroxyl groups is 1. The summed E-state index contributed by atoms with van der Waals surface area (Å²) in [6, 6.07) is 1.98. The molecule has 0 bridgehead atoms. The number of hydrogen-bond acceptors (Lipinski definition) is 6. The monoisotopic (exact) mass is 307 g/mol. The lowest BCUT2D eigenvalue weighted by Crippen LogP contribution is -2.29. The van der Waals surface area contributed by atoms with Crippen LogP contribution in [0.5, 0.6) is 0 Å². The van der Waals surface area contributed by atoms with Crippen LogP contribution in [0.4, 0.5) is 0 Å². The van der Waals surface area contributed by atoms with Crippen molar-refractivity contribution in [2.24, 2.45) is 10.2 Å². The maximum absolute atomic E-state index is 11.5. The van der Waals surface area contributed by atoms with Gasteiger partial charge in [0.05, 0.1) is 19.1 Å². The van der Waals surface area contributed by atoms with Gasteiger partial charge >= 0.3 is 5.66 Å². The molecule has 0 spiro atoms. The lowest BCUT2D eigenvalue weighted by Gasteiger charge is -2.16. The molecule has 0 aliphatic heterocycles. The molecule has 22 heavy (non-hydrogen) atoms. The summed E-state index contributed by atoms with van der Waals surface area (Å²) in [6.07, 6.45) is 1.32. The Kier molecular flexibility index (Phi) is 8.58. The Labute approximate surface area is 130 Å². The summed E-state index contributed by atoms with van der Waals surface area (Å²) in [4.78, 5) is 25.2. The van der Waals surface area contributed by atoms with Gasteiger partial charge in [-0.05, 0) is 13.3 Å². The molecule has 0 aliphatic carbocycles.